The second-order valence-electron chi connectivity index (χ2n) is 3.95. The lowest BCUT2D eigenvalue weighted by Crippen LogP contribution is -2.27. The second kappa shape index (κ2) is 7.69. The van der Waals surface area contributed by atoms with E-state index in [1.165, 1.54) is 12.5 Å². The van der Waals surface area contributed by atoms with Gasteiger partial charge in [0.2, 0.25) is 0 Å². The Morgan fingerprint density at radius 2 is 2.25 bits per heavy atom. The Labute approximate surface area is 102 Å². The first-order valence-corrected chi connectivity index (χ1v) is 6.82. The monoisotopic (exact) mass is 241 g/mol. The number of hydrogen-bond acceptors (Lipinski definition) is 2. The maximum absolute atomic E-state index is 12.9. The highest BCUT2D eigenvalue weighted by molar-refractivity contribution is 7.99. The zero-order chi connectivity index (χ0) is 11.8. The second-order valence-corrected chi connectivity index (χ2v) is 5.12. The van der Waals surface area contributed by atoms with Crippen LogP contribution in [0.3, 0.4) is 0 Å². The van der Waals surface area contributed by atoms with E-state index in [0.29, 0.717) is 6.04 Å². The summed E-state index contributed by atoms with van der Waals surface area (Å²) >= 11 is 1.72. The van der Waals surface area contributed by atoms with Gasteiger partial charge in [-0.25, -0.2) is 4.39 Å². The summed E-state index contributed by atoms with van der Waals surface area (Å²) in [5.41, 5.74) is 0. The van der Waals surface area contributed by atoms with Crippen molar-refractivity contribution in [2.45, 2.75) is 37.6 Å². The number of thioether (sulfide) groups is 1. The van der Waals surface area contributed by atoms with Crippen LogP contribution in [0.25, 0.3) is 0 Å². The lowest BCUT2D eigenvalue weighted by Gasteiger charge is -2.12. The number of rotatable bonds is 7. The van der Waals surface area contributed by atoms with Gasteiger partial charge in [-0.2, -0.15) is 0 Å². The fraction of sp³-hybridized carbons (Fsp3) is 0.538. The first-order chi connectivity index (χ1) is 7.72. The summed E-state index contributed by atoms with van der Waals surface area (Å²) in [6.45, 7) is 5.44. The SMILES string of the molecule is CCCNC(C)CCSc1cccc(F)c1. The van der Waals surface area contributed by atoms with Crippen LogP contribution >= 0.6 is 11.8 Å². The summed E-state index contributed by atoms with van der Waals surface area (Å²) < 4.78 is 12.9. The Bertz CT molecular complexity index is 304. The summed E-state index contributed by atoms with van der Waals surface area (Å²) in [5.74, 6) is 0.878. The largest absolute Gasteiger partial charge is 0.314 e. The third-order valence-corrected chi connectivity index (χ3v) is 3.39. The fourth-order valence-corrected chi connectivity index (χ4v) is 2.48. The van der Waals surface area contributed by atoms with Crippen LogP contribution in [0.2, 0.25) is 0 Å². The summed E-state index contributed by atoms with van der Waals surface area (Å²) in [6, 6.07) is 7.33. The van der Waals surface area contributed by atoms with E-state index in [-0.39, 0.29) is 5.82 Å². The molecule has 1 unspecified atom stereocenters. The molecule has 0 saturated carbocycles. The van der Waals surface area contributed by atoms with Gasteiger partial charge in [0.05, 0.1) is 0 Å². The van der Waals surface area contributed by atoms with Crippen LogP contribution in [-0.2, 0) is 0 Å². The Balaban J connectivity index is 2.20. The Hall–Kier alpha value is -0.540. The first kappa shape index (κ1) is 13.5. The maximum atomic E-state index is 12.9. The minimum absolute atomic E-state index is 0.151. The molecule has 0 aliphatic heterocycles. The van der Waals surface area contributed by atoms with Crippen LogP contribution in [-0.4, -0.2) is 18.3 Å². The van der Waals surface area contributed by atoms with Crippen molar-refractivity contribution in [3.8, 4) is 0 Å². The summed E-state index contributed by atoms with van der Waals surface area (Å²) in [4.78, 5) is 1.02. The van der Waals surface area contributed by atoms with Crippen LogP contribution in [0.15, 0.2) is 29.2 Å². The van der Waals surface area contributed by atoms with Gasteiger partial charge in [0.15, 0.2) is 0 Å². The average Bonchev–Trinajstić information content (AvgIpc) is 2.26. The molecule has 0 saturated heterocycles. The van der Waals surface area contributed by atoms with Crippen LogP contribution in [0.4, 0.5) is 4.39 Å². The smallest absolute Gasteiger partial charge is 0.124 e. The Morgan fingerprint density at radius 1 is 1.44 bits per heavy atom. The minimum atomic E-state index is -0.151. The van der Waals surface area contributed by atoms with Crippen molar-refractivity contribution in [3.05, 3.63) is 30.1 Å². The Morgan fingerprint density at radius 3 is 2.94 bits per heavy atom. The van der Waals surface area contributed by atoms with Gasteiger partial charge in [-0.05, 0) is 50.3 Å². The molecule has 16 heavy (non-hydrogen) atoms. The molecule has 0 fully saturated rings. The summed E-state index contributed by atoms with van der Waals surface area (Å²) in [7, 11) is 0. The molecule has 0 radical (unpaired) electrons. The number of benzene rings is 1. The standard InChI is InChI=1S/C13H20FNS/c1-3-8-15-11(2)7-9-16-13-6-4-5-12(14)10-13/h4-6,10-11,15H,3,7-9H2,1-2H3. The van der Waals surface area contributed by atoms with Crippen LogP contribution in [0.1, 0.15) is 26.7 Å². The predicted molar refractivity (Wildman–Crippen MR) is 69.5 cm³/mol. The van der Waals surface area contributed by atoms with Crippen molar-refractivity contribution >= 4 is 11.8 Å². The topological polar surface area (TPSA) is 12.0 Å². The van der Waals surface area contributed by atoms with E-state index in [1.54, 1.807) is 23.9 Å². The van der Waals surface area contributed by atoms with Gasteiger partial charge in [-0.1, -0.05) is 13.0 Å². The summed E-state index contributed by atoms with van der Waals surface area (Å²) in [5, 5.41) is 3.44. The molecule has 0 aliphatic carbocycles. The summed E-state index contributed by atoms with van der Waals surface area (Å²) in [6.07, 6.45) is 2.28. The van der Waals surface area contributed by atoms with Crippen molar-refractivity contribution in [1.82, 2.24) is 5.32 Å². The highest BCUT2D eigenvalue weighted by Crippen LogP contribution is 2.19. The molecule has 1 aromatic rings. The van der Waals surface area contributed by atoms with Crippen molar-refractivity contribution < 1.29 is 4.39 Å². The number of nitrogens with one attached hydrogen (secondary N) is 1. The van der Waals surface area contributed by atoms with Crippen molar-refractivity contribution in [2.75, 3.05) is 12.3 Å². The predicted octanol–water partition coefficient (Wildman–Crippen LogP) is 3.70. The van der Waals surface area contributed by atoms with Gasteiger partial charge >= 0.3 is 0 Å². The van der Waals surface area contributed by atoms with Gasteiger partial charge < -0.3 is 5.32 Å². The lowest BCUT2D eigenvalue weighted by atomic mass is 10.2. The molecule has 0 aliphatic rings. The molecule has 1 N–H and O–H groups in total. The molecule has 0 heterocycles. The molecule has 0 aromatic heterocycles. The molecule has 1 rings (SSSR count). The van der Waals surface area contributed by atoms with Gasteiger partial charge in [-0.3, -0.25) is 0 Å². The highest BCUT2D eigenvalue weighted by Gasteiger charge is 2.01. The van der Waals surface area contributed by atoms with Crippen molar-refractivity contribution in [3.63, 3.8) is 0 Å². The van der Waals surface area contributed by atoms with Gasteiger partial charge in [-0.15, -0.1) is 11.8 Å². The normalized spacial score (nSPS) is 12.7. The molecule has 3 heteroatoms. The van der Waals surface area contributed by atoms with Crippen LogP contribution in [0, 0.1) is 5.82 Å². The van der Waals surface area contributed by atoms with E-state index >= 15 is 0 Å². The van der Waals surface area contributed by atoms with E-state index < -0.39 is 0 Å². The molecule has 0 spiro atoms. The lowest BCUT2D eigenvalue weighted by molar-refractivity contribution is 0.536. The Kier molecular flexibility index (Phi) is 6.50. The molecule has 90 valence electrons. The molecular weight excluding hydrogens is 221 g/mol. The molecular formula is C13H20FNS. The minimum Gasteiger partial charge on any atom is -0.314 e. The van der Waals surface area contributed by atoms with E-state index in [0.717, 1.165) is 23.6 Å². The molecule has 1 aromatic carbocycles. The quantitative estimate of drug-likeness (QED) is 0.731. The van der Waals surface area contributed by atoms with E-state index in [9.17, 15) is 4.39 Å². The molecule has 0 bridgehead atoms. The van der Waals surface area contributed by atoms with Gasteiger partial charge in [0.1, 0.15) is 5.82 Å². The molecule has 0 amide bonds. The average molecular weight is 241 g/mol. The number of hydrogen-bond donors (Lipinski definition) is 1. The number of halogens is 1. The third kappa shape index (κ3) is 5.52. The van der Waals surface area contributed by atoms with E-state index in [1.807, 2.05) is 6.07 Å². The van der Waals surface area contributed by atoms with Crippen LogP contribution < -0.4 is 5.32 Å². The van der Waals surface area contributed by atoms with E-state index in [2.05, 4.69) is 19.2 Å². The first-order valence-electron chi connectivity index (χ1n) is 5.84. The zero-order valence-electron chi connectivity index (χ0n) is 10.0. The fourth-order valence-electron chi connectivity index (χ4n) is 1.40. The van der Waals surface area contributed by atoms with E-state index in [4.69, 9.17) is 0 Å². The zero-order valence-corrected chi connectivity index (χ0v) is 10.8. The van der Waals surface area contributed by atoms with Gasteiger partial charge in [0.25, 0.3) is 0 Å². The van der Waals surface area contributed by atoms with Crippen molar-refractivity contribution in [2.24, 2.45) is 0 Å². The van der Waals surface area contributed by atoms with Gasteiger partial charge in [0, 0.05) is 10.9 Å². The van der Waals surface area contributed by atoms with Crippen molar-refractivity contribution in [1.29, 1.82) is 0 Å². The van der Waals surface area contributed by atoms with Crippen LogP contribution in [0.5, 0.6) is 0 Å². The maximum Gasteiger partial charge on any atom is 0.124 e. The molecule has 1 nitrogen and oxygen atoms in total. The molecule has 1 atom stereocenters. The third-order valence-electron chi connectivity index (χ3n) is 2.36. The highest BCUT2D eigenvalue weighted by atomic mass is 32.2.